The number of aliphatic hydroxyl groups excluding tert-OH is 1. The molecule has 20 heavy (non-hydrogen) atoms. The molecule has 1 fully saturated rings. The quantitative estimate of drug-likeness (QED) is 0.917. The molecule has 112 valence electrons. The van der Waals surface area contributed by atoms with Crippen molar-refractivity contribution in [2.45, 2.75) is 51.2 Å². The Hall–Kier alpha value is -1.00. The zero-order valence-electron chi connectivity index (χ0n) is 12.2. The van der Waals surface area contributed by atoms with Crippen LogP contribution in [0.3, 0.4) is 0 Å². The van der Waals surface area contributed by atoms with E-state index < -0.39 is 23.3 Å². The number of hydrogen-bond donors (Lipinski definition) is 1. The largest absolute Gasteiger partial charge is 0.391 e. The van der Waals surface area contributed by atoms with Gasteiger partial charge < -0.3 is 5.11 Å². The Kier molecular flexibility index (Phi) is 4.76. The van der Waals surface area contributed by atoms with E-state index in [2.05, 4.69) is 4.90 Å². The van der Waals surface area contributed by atoms with E-state index in [0.717, 1.165) is 32.0 Å². The van der Waals surface area contributed by atoms with Crippen LogP contribution >= 0.6 is 0 Å². The van der Waals surface area contributed by atoms with Crippen LogP contribution in [0, 0.1) is 11.6 Å². The van der Waals surface area contributed by atoms with Crippen LogP contribution in [0.2, 0.25) is 0 Å². The maximum absolute atomic E-state index is 13.7. The lowest BCUT2D eigenvalue weighted by molar-refractivity contribution is -0.0190. The normalized spacial score (nSPS) is 19.1. The van der Waals surface area contributed by atoms with Crippen molar-refractivity contribution in [2.24, 2.45) is 0 Å². The number of halogens is 2. The minimum absolute atomic E-state index is 0.204. The van der Waals surface area contributed by atoms with Gasteiger partial charge in [-0.15, -0.1) is 0 Å². The zero-order chi connectivity index (χ0) is 14.8. The average Bonchev–Trinajstić information content (AvgIpc) is 2.42. The Morgan fingerprint density at radius 1 is 1.20 bits per heavy atom. The van der Waals surface area contributed by atoms with Crippen LogP contribution in [-0.2, 0) is 6.42 Å². The van der Waals surface area contributed by atoms with Crippen LogP contribution in [0.4, 0.5) is 8.78 Å². The molecule has 1 aromatic rings. The van der Waals surface area contributed by atoms with E-state index in [1.165, 1.54) is 18.6 Å². The number of piperidine rings is 1. The lowest BCUT2D eigenvalue weighted by Gasteiger charge is -2.44. The third kappa shape index (κ3) is 3.36. The molecule has 1 N–H and O–H groups in total. The number of likely N-dealkylation sites (tertiary alicyclic amines) is 1. The molecule has 0 saturated carbocycles. The fraction of sp³-hybridized carbons (Fsp3) is 0.625. The lowest BCUT2D eigenvalue weighted by Crippen LogP contribution is -2.54. The van der Waals surface area contributed by atoms with Gasteiger partial charge in [-0.05, 0) is 51.4 Å². The molecule has 2 rings (SSSR count). The number of nitrogens with zero attached hydrogens (tertiary/aromatic N) is 1. The standard InChI is InChI=1S/C16H23F2NO/c1-16(2,19-8-4-3-5-9-19)15(20)10-12-6-7-13(17)11-14(12)18/h6-7,11,15,20H,3-5,8-10H2,1-2H3. The highest BCUT2D eigenvalue weighted by molar-refractivity contribution is 5.20. The van der Waals surface area contributed by atoms with E-state index in [0.29, 0.717) is 5.56 Å². The molecule has 1 saturated heterocycles. The second-order valence-electron chi connectivity index (χ2n) is 6.16. The molecule has 1 unspecified atom stereocenters. The van der Waals surface area contributed by atoms with Gasteiger partial charge in [0.15, 0.2) is 0 Å². The fourth-order valence-electron chi connectivity index (χ4n) is 2.83. The van der Waals surface area contributed by atoms with Gasteiger partial charge in [0, 0.05) is 18.0 Å². The molecule has 1 aromatic carbocycles. The number of rotatable bonds is 4. The third-order valence-electron chi connectivity index (χ3n) is 4.41. The molecule has 4 heteroatoms. The molecule has 0 spiro atoms. The van der Waals surface area contributed by atoms with Crippen molar-refractivity contribution in [1.29, 1.82) is 0 Å². The van der Waals surface area contributed by atoms with Crippen molar-refractivity contribution >= 4 is 0 Å². The minimum atomic E-state index is -0.680. The van der Waals surface area contributed by atoms with Crippen LogP contribution in [0.15, 0.2) is 18.2 Å². The summed E-state index contributed by atoms with van der Waals surface area (Å²) in [6, 6.07) is 3.52. The molecule has 1 atom stereocenters. The van der Waals surface area contributed by atoms with Crippen LogP contribution in [-0.4, -0.2) is 34.7 Å². The Morgan fingerprint density at radius 2 is 1.85 bits per heavy atom. The number of benzene rings is 1. The summed E-state index contributed by atoms with van der Waals surface area (Å²) in [6.45, 7) is 5.92. The first kappa shape index (κ1) is 15.4. The van der Waals surface area contributed by atoms with Crippen LogP contribution in [0.25, 0.3) is 0 Å². The predicted octanol–water partition coefficient (Wildman–Crippen LogP) is 3.13. The molecule has 1 aliphatic rings. The van der Waals surface area contributed by atoms with E-state index in [-0.39, 0.29) is 6.42 Å². The summed E-state index contributed by atoms with van der Waals surface area (Å²) < 4.78 is 26.6. The summed E-state index contributed by atoms with van der Waals surface area (Å²) in [5, 5.41) is 10.5. The smallest absolute Gasteiger partial charge is 0.129 e. The summed E-state index contributed by atoms with van der Waals surface area (Å²) in [4.78, 5) is 2.27. The molecule has 0 radical (unpaired) electrons. The summed E-state index contributed by atoms with van der Waals surface area (Å²) in [5.74, 6) is -1.17. The van der Waals surface area contributed by atoms with E-state index >= 15 is 0 Å². The molecule has 1 heterocycles. The summed E-state index contributed by atoms with van der Waals surface area (Å²) in [6.07, 6.45) is 3.04. The maximum Gasteiger partial charge on any atom is 0.129 e. The van der Waals surface area contributed by atoms with Crippen molar-refractivity contribution in [2.75, 3.05) is 13.1 Å². The predicted molar refractivity (Wildman–Crippen MR) is 75.6 cm³/mol. The SMILES string of the molecule is CC(C)(C(O)Cc1ccc(F)cc1F)N1CCCCC1. The van der Waals surface area contributed by atoms with Crippen molar-refractivity contribution in [3.63, 3.8) is 0 Å². The van der Waals surface area contributed by atoms with Gasteiger partial charge in [0.05, 0.1) is 6.10 Å². The van der Waals surface area contributed by atoms with Gasteiger partial charge in [0.25, 0.3) is 0 Å². The van der Waals surface area contributed by atoms with Crippen molar-refractivity contribution in [1.82, 2.24) is 4.90 Å². The van der Waals surface area contributed by atoms with Gasteiger partial charge in [-0.3, -0.25) is 4.90 Å². The number of aliphatic hydroxyl groups is 1. The Balaban J connectivity index is 2.07. The highest BCUT2D eigenvalue weighted by atomic mass is 19.1. The molecule has 0 aliphatic carbocycles. The maximum atomic E-state index is 13.7. The van der Waals surface area contributed by atoms with Gasteiger partial charge >= 0.3 is 0 Å². The van der Waals surface area contributed by atoms with Crippen LogP contribution in [0.1, 0.15) is 38.7 Å². The van der Waals surface area contributed by atoms with Gasteiger partial charge in [-0.25, -0.2) is 8.78 Å². The second kappa shape index (κ2) is 6.19. The monoisotopic (exact) mass is 283 g/mol. The van der Waals surface area contributed by atoms with E-state index in [9.17, 15) is 13.9 Å². The first-order valence-corrected chi connectivity index (χ1v) is 7.28. The Bertz CT molecular complexity index is 456. The highest BCUT2D eigenvalue weighted by Gasteiger charge is 2.35. The molecular formula is C16H23F2NO. The Morgan fingerprint density at radius 3 is 2.45 bits per heavy atom. The Labute approximate surface area is 119 Å². The number of hydrogen-bond acceptors (Lipinski definition) is 2. The third-order valence-corrected chi connectivity index (χ3v) is 4.41. The van der Waals surface area contributed by atoms with Gasteiger partial charge in [-0.2, -0.15) is 0 Å². The fourth-order valence-corrected chi connectivity index (χ4v) is 2.83. The van der Waals surface area contributed by atoms with Crippen LogP contribution in [0.5, 0.6) is 0 Å². The summed E-state index contributed by atoms with van der Waals surface area (Å²) in [7, 11) is 0. The molecule has 0 aromatic heterocycles. The molecule has 0 bridgehead atoms. The van der Waals surface area contributed by atoms with Gasteiger partial charge in [0.2, 0.25) is 0 Å². The van der Waals surface area contributed by atoms with Crippen molar-refractivity contribution in [3.8, 4) is 0 Å². The minimum Gasteiger partial charge on any atom is -0.391 e. The highest BCUT2D eigenvalue weighted by Crippen LogP contribution is 2.26. The second-order valence-corrected chi connectivity index (χ2v) is 6.16. The molecule has 0 amide bonds. The van der Waals surface area contributed by atoms with E-state index in [1.54, 1.807) is 0 Å². The topological polar surface area (TPSA) is 23.5 Å². The molecule has 1 aliphatic heterocycles. The van der Waals surface area contributed by atoms with Crippen molar-refractivity contribution < 1.29 is 13.9 Å². The first-order valence-electron chi connectivity index (χ1n) is 7.28. The van der Waals surface area contributed by atoms with Crippen molar-refractivity contribution in [3.05, 3.63) is 35.4 Å². The van der Waals surface area contributed by atoms with E-state index in [1.807, 2.05) is 13.8 Å². The van der Waals surface area contributed by atoms with Gasteiger partial charge in [0.1, 0.15) is 11.6 Å². The molecular weight excluding hydrogens is 260 g/mol. The zero-order valence-corrected chi connectivity index (χ0v) is 12.2. The van der Waals surface area contributed by atoms with Crippen LogP contribution < -0.4 is 0 Å². The summed E-state index contributed by atoms with van der Waals surface area (Å²) in [5.41, 5.74) is -0.0367. The van der Waals surface area contributed by atoms with E-state index in [4.69, 9.17) is 0 Å². The summed E-state index contributed by atoms with van der Waals surface area (Å²) >= 11 is 0. The van der Waals surface area contributed by atoms with Gasteiger partial charge in [-0.1, -0.05) is 12.5 Å². The average molecular weight is 283 g/mol. The lowest BCUT2D eigenvalue weighted by atomic mass is 9.88. The first-order chi connectivity index (χ1) is 9.41. The molecule has 2 nitrogen and oxygen atoms in total.